The van der Waals surface area contributed by atoms with Crippen molar-refractivity contribution in [1.29, 1.82) is 0 Å². The highest BCUT2D eigenvalue weighted by molar-refractivity contribution is 7.91. The van der Waals surface area contributed by atoms with Crippen LogP contribution in [0.15, 0.2) is 16.3 Å². The van der Waals surface area contributed by atoms with E-state index in [0.717, 1.165) is 62.8 Å². The molecule has 0 radical (unpaired) electrons. The summed E-state index contributed by atoms with van der Waals surface area (Å²) in [4.78, 5) is 15.7. The summed E-state index contributed by atoms with van der Waals surface area (Å²) in [6.07, 6.45) is 7.67. The predicted octanol–water partition coefficient (Wildman–Crippen LogP) is 3.99. The third-order valence-corrected chi connectivity index (χ3v) is 10.2. The fourth-order valence-electron chi connectivity index (χ4n) is 5.22. The van der Waals surface area contributed by atoms with Crippen molar-refractivity contribution < 1.29 is 17.9 Å². The van der Waals surface area contributed by atoms with Gasteiger partial charge in [-0.3, -0.25) is 0 Å². The minimum absolute atomic E-state index is 0.176. The molecule has 3 aliphatic heterocycles. The largest absolute Gasteiger partial charge is 0.444 e. The molecule has 1 aromatic heterocycles. The van der Waals surface area contributed by atoms with Crippen molar-refractivity contribution in [2.24, 2.45) is 0 Å². The highest BCUT2D eigenvalue weighted by Gasteiger charge is 2.44. The second kappa shape index (κ2) is 9.60. The molecule has 3 saturated heterocycles. The molecular weight excluding hydrogens is 446 g/mol. The lowest BCUT2D eigenvalue weighted by atomic mass is 9.97. The molecule has 1 amide bonds. The number of thiophene rings is 1. The van der Waals surface area contributed by atoms with Crippen LogP contribution in [0.4, 0.5) is 4.79 Å². The monoisotopic (exact) mass is 483 g/mol. The highest BCUT2D eigenvalue weighted by Crippen LogP contribution is 2.37. The first-order valence-electron chi connectivity index (χ1n) is 12.0. The van der Waals surface area contributed by atoms with Gasteiger partial charge in [-0.2, -0.15) is 4.31 Å². The van der Waals surface area contributed by atoms with Gasteiger partial charge in [-0.05, 0) is 77.8 Å². The maximum absolute atomic E-state index is 12.9. The lowest BCUT2D eigenvalue weighted by Gasteiger charge is -2.39. The number of hydrogen-bond acceptors (Lipinski definition) is 6. The summed E-state index contributed by atoms with van der Waals surface area (Å²) in [7, 11) is -3.34. The van der Waals surface area contributed by atoms with Crippen molar-refractivity contribution in [3.63, 3.8) is 0 Å². The number of piperidine rings is 2. The number of hydrogen-bond donors (Lipinski definition) is 1. The van der Waals surface area contributed by atoms with Gasteiger partial charge in [-0.15, -0.1) is 11.3 Å². The number of nitrogens with zero attached hydrogens (tertiary/aromatic N) is 2. The van der Waals surface area contributed by atoms with Crippen LogP contribution in [0.2, 0.25) is 0 Å². The fourth-order valence-corrected chi connectivity index (χ4v) is 8.25. The standard InChI is InChI=1S/C23H37N3O4S2/c1-23(2,3)30-22(27)26-18-7-8-19(26)16-17(15-18)24-12-11-20-9-10-21(31-20)32(28,29)25-13-5-4-6-14-25/h9-10,17-19,24H,4-8,11-16H2,1-3H3. The average Bonchev–Trinajstić information content (AvgIpc) is 3.31. The Hall–Kier alpha value is -1.16. The molecule has 4 rings (SSSR count). The zero-order valence-corrected chi connectivity index (χ0v) is 21.1. The van der Waals surface area contributed by atoms with Gasteiger partial charge >= 0.3 is 6.09 Å². The van der Waals surface area contributed by atoms with Crippen LogP contribution >= 0.6 is 11.3 Å². The van der Waals surface area contributed by atoms with E-state index in [-0.39, 0.29) is 18.2 Å². The van der Waals surface area contributed by atoms with Crippen molar-refractivity contribution in [3.05, 3.63) is 17.0 Å². The summed E-state index contributed by atoms with van der Waals surface area (Å²) in [5, 5.41) is 3.66. The van der Waals surface area contributed by atoms with E-state index in [1.165, 1.54) is 11.3 Å². The molecule has 0 spiro atoms. The molecule has 0 saturated carbocycles. The SMILES string of the molecule is CC(C)(C)OC(=O)N1C2CCC1CC(NCCc1ccc(S(=O)(=O)N3CCCCC3)s1)C2. The minimum atomic E-state index is -3.34. The van der Waals surface area contributed by atoms with Gasteiger partial charge in [0, 0.05) is 42.6 Å². The molecule has 2 unspecified atom stereocenters. The molecule has 4 heterocycles. The quantitative estimate of drug-likeness (QED) is 0.662. The van der Waals surface area contributed by atoms with Crippen molar-refractivity contribution in [3.8, 4) is 0 Å². The molecule has 0 aromatic carbocycles. The molecule has 3 fully saturated rings. The van der Waals surface area contributed by atoms with Gasteiger partial charge in [-0.25, -0.2) is 13.2 Å². The molecule has 32 heavy (non-hydrogen) atoms. The van der Waals surface area contributed by atoms with Crippen LogP contribution in [-0.2, 0) is 21.2 Å². The maximum Gasteiger partial charge on any atom is 0.410 e. The summed E-state index contributed by atoms with van der Waals surface area (Å²) in [5.41, 5.74) is -0.466. The molecular formula is C23H37N3O4S2. The fraction of sp³-hybridized carbons (Fsp3) is 0.783. The maximum atomic E-state index is 12.9. The van der Waals surface area contributed by atoms with Crippen LogP contribution in [0.5, 0.6) is 0 Å². The van der Waals surface area contributed by atoms with E-state index in [4.69, 9.17) is 4.74 Å². The summed E-state index contributed by atoms with van der Waals surface area (Å²) in [5.74, 6) is 0. The van der Waals surface area contributed by atoms with Crippen LogP contribution in [-0.4, -0.2) is 67.1 Å². The number of nitrogens with one attached hydrogen (secondary N) is 1. The highest BCUT2D eigenvalue weighted by atomic mass is 32.2. The second-order valence-corrected chi connectivity index (χ2v) is 13.7. The molecule has 7 nitrogen and oxygen atoms in total. The molecule has 1 aromatic rings. The third kappa shape index (κ3) is 5.48. The lowest BCUT2D eigenvalue weighted by molar-refractivity contribution is 0.00477. The third-order valence-electron chi connectivity index (χ3n) is 6.69. The normalized spacial score (nSPS) is 27.0. The zero-order valence-electron chi connectivity index (χ0n) is 19.5. The molecule has 2 atom stereocenters. The Bertz CT molecular complexity index is 889. The van der Waals surface area contributed by atoms with Gasteiger partial charge in [-0.1, -0.05) is 6.42 Å². The second-order valence-electron chi connectivity index (χ2n) is 10.3. The Morgan fingerprint density at radius 2 is 1.78 bits per heavy atom. The van der Waals surface area contributed by atoms with Crippen molar-refractivity contribution >= 4 is 27.5 Å². The van der Waals surface area contributed by atoms with Crippen molar-refractivity contribution in [1.82, 2.24) is 14.5 Å². The van der Waals surface area contributed by atoms with Gasteiger partial charge < -0.3 is 15.0 Å². The molecule has 180 valence electrons. The number of carbonyl (C=O) groups excluding carboxylic acids is 1. The van der Waals surface area contributed by atoms with E-state index in [1.807, 2.05) is 31.7 Å². The smallest absolute Gasteiger partial charge is 0.410 e. The van der Waals surface area contributed by atoms with Crippen LogP contribution < -0.4 is 5.32 Å². The summed E-state index contributed by atoms with van der Waals surface area (Å²) < 4.78 is 33.4. The zero-order chi connectivity index (χ0) is 22.9. The number of carbonyl (C=O) groups is 1. The van der Waals surface area contributed by atoms with Gasteiger partial charge in [0.2, 0.25) is 0 Å². The Morgan fingerprint density at radius 1 is 1.12 bits per heavy atom. The molecule has 2 bridgehead atoms. The Balaban J connectivity index is 1.26. The minimum Gasteiger partial charge on any atom is -0.444 e. The molecule has 3 aliphatic rings. The van der Waals surface area contributed by atoms with E-state index >= 15 is 0 Å². The first kappa shape index (κ1) is 24.0. The number of amides is 1. The van der Waals surface area contributed by atoms with Gasteiger partial charge in [0.15, 0.2) is 0 Å². The average molecular weight is 484 g/mol. The number of ether oxygens (including phenoxy) is 1. The topological polar surface area (TPSA) is 79.0 Å². The van der Waals surface area contributed by atoms with Gasteiger partial charge in [0.25, 0.3) is 10.0 Å². The summed E-state index contributed by atoms with van der Waals surface area (Å²) in [6.45, 7) is 7.84. The van der Waals surface area contributed by atoms with E-state index in [9.17, 15) is 13.2 Å². The van der Waals surface area contributed by atoms with Crippen LogP contribution in [0.1, 0.15) is 70.6 Å². The van der Waals surface area contributed by atoms with E-state index in [2.05, 4.69) is 5.32 Å². The summed E-state index contributed by atoms with van der Waals surface area (Å²) >= 11 is 1.40. The molecule has 1 N–H and O–H groups in total. The Kier molecular flexibility index (Phi) is 7.20. The van der Waals surface area contributed by atoms with E-state index < -0.39 is 15.6 Å². The Morgan fingerprint density at radius 3 is 2.41 bits per heavy atom. The lowest BCUT2D eigenvalue weighted by Crippen LogP contribution is -2.52. The van der Waals surface area contributed by atoms with Gasteiger partial charge in [0.05, 0.1) is 0 Å². The van der Waals surface area contributed by atoms with E-state index in [0.29, 0.717) is 23.3 Å². The first-order chi connectivity index (χ1) is 15.1. The van der Waals surface area contributed by atoms with E-state index in [1.54, 1.807) is 10.4 Å². The number of sulfonamides is 1. The van der Waals surface area contributed by atoms with Crippen LogP contribution in [0.25, 0.3) is 0 Å². The van der Waals surface area contributed by atoms with Crippen LogP contribution in [0, 0.1) is 0 Å². The number of fused-ring (bicyclic) bond motifs is 2. The summed E-state index contributed by atoms with van der Waals surface area (Å²) in [6, 6.07) is 4.62. The van der Waals surface area contributed by atoms with Crippen molar-refractivity contribution in [2.45, 2.75) is 100 Å². The number of rotatable bonds is 6. The van der Waals surface area contributed by atoms with Crippen molar-refractivity contribution in [2.75, 3.05) is 19.6 Å². The van der Waals surface area contributed by atoms with Crippen LogP contribution in [0.3, 0.4) is 0 Å². The van der Waals surface area contributed by atoms with Gasteiger partial charge in [0.1, 0.15) is 9.81 Å². The predicted molar refractivity (Wildman–Crippen MR) is 127 cm³/mol. The molecule has 0 aliphatic carbocycles. The molecule has 9 heteroatoms. The Labute approximate surface area is 196 Å². The first-order valence-corrected chi connectivity index (χ1v) is 14.2.